The molecule has 1 aromatic carbocycles. The van der Waals surface area contributed by atoms with Crippen LogP contribution in [0.3, 0.4) is 0 Å². The number of hydrogen-bond acceptors (Lipinski definition) is 5. The molecule has 1 unspecified atom stereocenters. The Labute approximate surface area is 222 Å². The number of carbonyl (C=O) groups excluding carboxylic acids is 3. The molecule has 1 aromatic rings. The monoisotopic (exact) mass is 527 g/mol. The molecule has 8 nitrogen and oxygen atoms in total. The predicted molar refractivity (Wildman–Crippen MR) is 140 cm³/mol. The number of likely N-dealkylation sites (N-methyl/N-ethyl adjacent to an activating group) is 1. The molecule has 1 N–H and O–H groups in total. The van der Waals surface area contributed by atoms with Gasteiger partial charge in [0.2, 0.25) is 11.8 Å². The number of rotatable bonds is 5. The highest BCUT2D eigenvalue weighted by molar-refractivity contribution is 6.34. The Kier molecular flexibility index (Phi) is 6.49. The number of fused-ring (bicyclic) bond motifs is 2. The molecule has 4 aliphatic rings. The molecule has 37 heavy (non-hydrogen) atoms. The molecular formula is C28H34ClN3O5. The van der Waals surface area contributed by atoms with Crippen LogP contribution in [0.1, 0.15) is 27.2 Å². The number of halogens is 1. The van der Waals surface area contributed by atoms with Crippen molar-refractivity contribution in [3.05, 3.63) is 53.6 Å². The number of benzene rings is 1. The molecule has 2 saturated heterocycles. The number of hydrogen-bond donors (Lipinski definition) is 1. The fourth-order valence-corrected chi connectivity index (χ4v) is 6.88. The molecule has 198 valence electrons. The van der Waals surface area contributed by atoms with Gasteiger partial charge >= 0.3 is 0 Å². The normalized spacial score (nSPS) is 34.7. The second-order valence-corrected chi connectivity index (χ2v) is 11.2. The number of amides is 3. The maximum absolute atomic E-state index is 14.5. The minimum Gasteiger partial charge on any atom is -0.394 e. The summed E-state index contributed by atoms with van der Waals surface area (Å²) >= 11 is 6.50. The highest BCUT2D eigenvalue weighted by atomic mass is 35.5. The van der Waals surface area contributed by atoms with Gasteiger partial charge < -0.3 is 24.5 Å². The summed E-state index contributed by atoms with van der Waals surface area (Å²) in [6.07, 6.45) is 8.06. The summed E-state index contributed by atoms with van der Waals surface area (Å²) in [6, 6.07) is 5.40. The minimum absolute atomic E-state index is 0.0857. The average molecular weight is 528 g/mol. The van der Waals surface area contributed by atoms with Crippen molar-refractivity contribution in [1.82, 2.24) is 9.80 Å². The molecule has 5 rings (SSSR count). The van der Waals surface area contributed by atoms with Crippen molar-refractivity contribution in [2.24, 2.45) is 17.8 Å². The predicted octanol–water partition coefficient (Wildman–Crippen LogP) is 2.65. The van der Waals surface area contributed by atoms with E-state index in [0.29, 0.717) is 23.7 Å². The Morgan fingerprint density at radius 3 is 2.46 bits per heavy atom. The first-order chi connectivity index (χ1) is 17.6. The zero-order valence-electron chi connectivity index (χ0n) is 21.6. The van der Waals surface area contributed by atoms with Gasteiger partial charge in [0.1, 0.15) is 11.6 Å². The van der Waals surface area contributed by atoms with Gasteiger partial charge in [0.15, 0.2) is 0 Å². The second-order valence-electron chi connectivity index (χ2n) is 10.8. The highest BCUT2D eigenvalue weighted by Crippen LogP contribution is 2.58. The van der Waals surface area contributed by atoms with E-state index in [1.165, 1.54) is 4.90 Å². The molecule has 2 fully saturated rings. The van der Waals surface area contributed by atoms with Crippen LogP contribution in [-0.2, 0) is 19.1 Å². The molecular weight excluding hydrogens is 494 g/mol. The molecule has 0 bridgehead atoms. The van der Waals surface area contributed by atoms with E-state index in [9.17, 15) is 19.5 Å². The maximum Gasteiger partial charge on any atom is 0.253 e. The van der Waals surface area contributed by atoms with Gasteiger partial charge in [-0.1, -0.05) is 68.3 Å². The van der Waals surface area contributed by atoms with E-state index in [1.54, 1.807) is 47.2 Å². The van der Waals surface area contributed by atoms with Crippen LogP contribution in [0, 0.1) is 17.8 Å². The SMILES string of the molecule is CC[C@H](C)[C@H](CO)N1C(=O)[C@@H]2[C@H]3C(=O)N(C)CC=C[C@@]3(C)O[C@@]23C=CCN(c2ccccc2Cl)C(=O)C13. The lowest BCUT2D eigenvalue weighted by molar-refractivity contribution is -0.152. The zero-order valence-corrected chi connectivity index (χ0v) is 22.4. The largest absolute Gasteiger partial charge is 0.394 e. The van der Waals surface area contributed by atoms with E-state index in [2.05, 4.69) is 0 Å². The van der Waals surface area contributed by atoms with Crippen molar-refractivity contribution in [1.29, 1.82) is 0 Å². The van der Waals surface area contributed by atoms with Crippen LogP contribution in [-0.4, -0.2) is 82.7 Å². The number of aliphatic hydroxyl groups is 1. The summed E-state index contributed by atoms with van der Waals surface area (Å²) < 4.78 is 6.79. The highest BCUT2D eigenvalue weighted by Gasteiger charge is 2.75. The Morgan fingerprint density at radius 2 is 1.78 bits per heavy atom. The Morgan fingerprint density at radius 1 is 1.08 bits per heavy atom. The zero-order chi connectivity index (χ0) is 26.7. The van der Waals surface area contributed by atoms with Gasteiger partial charge in [-0.05, 0) is 25.0 Å². The lowest BCUT2D eigenvalue weighted by Gasteiger charge is -2.41. The Balaban J connectivity index is 1.71. The first-order valence-corrected chi connectivity index (χ1v) is 13.3. The molecule has 0 aliphatic carbocycles. The van der Waals surface area contributed by atoms with Crippen LogP contribution < -0.4 is 4.90 Å². The summed E-state index contributed by atoms with van der Waals surface area (Å²) in [4.78, 5) is 47.2. The van der Waals surface area contributed by atoms with E-state index in [0.717, 1.165) is 0 Å². The fourth-order valence-electron chi connectivity index (χ4n) is 6.64. The third-order valence-corrected chi connectivity index (χ3v) is 9.00. The minimum atomic E-state index is -1.37. The summed E-state index contributed by atoms with van der Waals surface area (Å²) in [5.41, 5.74) is -1.91. The van der Waals surface area contributed by atoms with Gasteiger partial charge in [0.25, 0.3) is 5.91 Å². The summed E-state index contributed by atoms with van der Waals surface area (Å²) in [5.74, 6) is -2.69. The standard InChI is InChI=1S/C28H34ClN3O5/c1-5-17(2)20(16-33)32-23-26(36)31(19-11-7-6-10-18(19)29)15-9-13-28(23)22(25(32)35)21-24(34)30(4)14-8-12-27(21,3)37-28/h6-13,17,20-23,33H,5,14-16H2,1-4H3/t17-,20-,21-,22-,23?,27+,28-/m0/s1. The molecule has 3 amide bonds. The van der Waals surface area contributed by atoms with Crippen molar-refractivity contribution in [3.63, 3.8) is 0 Å². The van der Waals surface area contributed by atoms with Gasteiger partial charge in [-0.2, -0.15) is 0 Å². The average Bonchev–Trinajstić information content (AvgIpc) is 3.15. The summed E-state index contributed by atoms with van der Waals surface area (Å²) in [7, 11) is 1.71. The van der Waals surface area contributed by atoms with Crippen molar-refractivity contribution in [3.8, 4) is 0 Å². The summed E-state index contributed by atoms with van der Waals surface area (Å²) in [5, 5.41) is 10.9. The van der Waals surface area contributed by atoms with Crippen molar-refractivity contribution in [2.75, 3.05) is 31.6 Å². The third kappa shape index (κ3) is 3.67. The van der Waals surface area contributed by atoms with Crippen LogP contribution in [0.25, 0.3) is 0 Å². The molecule has 0 saturated carbocycles. The Hall–Kier alpha value is -2.68. The lowest BCUT2D eigenvalue weighted by atomic mass is 9.74. The maximum atomic E-state index is 14.5. The number of nitrogens with zero attached hydrogens (tertiary/aromatic N) is 3. The number of para-hydroxylation sites is 1. The van der Waals surface area contributed by atoms with Crippen LogP contribution in [0.5, 0.6) is 0 Å². The first kappa shape index (κ1) is 25.9. The van der Waals surface area contributed by atoms with Crippen LogP contribution >= 0.6 is 11.6 Å². The number of aliphatic hydroxyl groups excluding tert-OH is 1. The van der Waals surface area contributed by atoms with E-state index < -0.39 is 35.1 Å². The van der Waals surface area contributed by atoms with E-state index >= 15 is 0 Å². The van der Waals surface area contributed by atoms with Crippen molar-refractivity contribution in [2.45, 2.75) is 50.5 Å². The van der Waals surface area contributed by atoms with Gasteiger partial charge in [-0.25, -0.2) is 0 Å². The molecule has 7 atom stereocenters. The third-order valence-electron chi connectivity index (χ3n) is 8.68. The Bertz CT molecular complexity index is 1190. The van der Waals surface area contributed by atoms with Gasteiger partial charge in [0.05, 0.1) is 40.8 Å². The van der Waals surface area contributed by atoms with E-state index in [1.807, 2.05) is 39.0 Å². The van der Waals surface area contributed by atoms with E-state index in [-0.39, 0.29) is 36.8 Å². The molecule has 1 spiro atoms. The fraction of sp³-hybridized carbons (Fsp3) is 0.536. The number of likely N-dealkylation sites (tertiary alicyclic amines) is 1. The quantitative estimate of drug-likeness (QED) is 0.595. The first-order valence-electron chi connectivity index (χ1n) is 12.9. The topological polar surface area (TPSA) is 90.4 Å². The second kappa shape index (κ2) is 9.26. The van der Waals surface area contributed by atoms with Gasteiger partial charge in [-0.15, -0.1) is 0 Å². The molecule has 0 radical (unpaired) electrons. The number of anilines is 1. The lowest BCUT2D eigenvalue weighted by Crippen LogP contribution is -2.60. The van der Waals surface area contributed by atoms with Gasteiger partial charge in [-0.3, -0.25) is 14.4 Å². The number of ether oxygens (including phenoxy) is 1. The van der Waals surface area contributed by atoms with Crippen LogP contribution in [0.4, 0.5) is 5.69 Å². The van der Waals surface area contributed by atoms with Gasteiger partial charge in [0, 0.05) is 20.1 Å². The molecule has 9 heteroatoms. The van der Waals surface area contributed by atoms with Crippen LogP contribution in [0.15, 0.2) is 48.6 Å². The number of carbonyl (C=O) groups is 3. The smallest absolute Gasteiger partial charge is 0.253 e. The van der Waals surface area contributed by atoms with Crippen molar-refractivity contribution >= 4 is 35.0 Å². The summed E-state index contributed by atoms with van der Waals surface area (Å²) in [6.45, 7) is 6.10. The molecule has 4 aliphatic heterocycles. The van der Waals surface area contributed by atoms with Crippen molar-refractivity contribution < 1.29 is 24.2 Å². The molecule has 0 aromatic heterocycles. The van der Waals surface area contributed by atoms with Crippen LogP contribution in [0.2, 0.25) is 5.02 Å². The van der Waals surface area contributed by atoms with E-state index in [4.69, 9.17) is 16.3 Å². The molecule has 4 heterocycles.